The minimum Gasteiger partial charge on any atom is -0.490 e. The molecule has 0 saturated heterocycles. The van der Waals surface area contributed by atoms with Crippen LogP contribution < -0.4 is 14.8 Å². The molecule has 6 heteroatoms. The van der Waals surface area contributed by atoms with Crippen molar-refractivity contribution in [2.45, 2.75) is 46.2 Å². The average Bonchev–Trinajstić information content (AvgIpc) is 3.12. The van der Waals surface area contributed by atoms with Gasteiger partial charge in [-0.3, -0.25) is 4.40 Å². The van der Waals surface area contributed by atoms with Crippen LogP contribution in [0.1, 0.15) is 51.0 Å². The van der Waals surface area contributed by atoms with Crippen molar-refractivity contribution in [2.24, 2.45) is 0 Å². The molecule has 1 N–H and O–H groups in total. The predicted octanol–water partition coefficient (Wildman–Crippen LogP) is 4.16. The smallest absolute Gasteiger partial charge is 0.161 e. The Morgan fingerprint density at radius 2 is 1.96 bits per heavy atom. The van der Waals surface area contributed by atoms with E-state index in [4.69, 9.17) is 9.47 Å². The summed E-state index contributed by atoms with van der Waals surface area (Å²) >= 11 is 0. The van der Waals surface area contributed by atoms with E-state index in [1.807, 2.05) is 47.9 Å². The fraction of sp³-hybridized carbons (Fsp3) is 0.429. The molecule has 2 heterocycles. The Hall–Kier alpha value is -2.60. The van der Waals surface area contributed by atoms with Gasteiger partial charge in [0.1, 0.15) is 0 Å². The Balaban J connectivity index is 1.67. The van der Waals surface area contributed by atoms with Gasteiger partial charge in [-0.2, -0.15) is 0 Å². The zero-order chi connectivity index (χ0) is 19.1. The van der Waals surface area contributed by atoms with E-state index < -0.39 is 0 Å². The zero-order valence-electron chi connectivity index (χ0n) is 16.3. The minimum absolute atomic E-state index is 0.0680. The summed E-state index contributed by atoms with van der Waals surface area (Å²) in [6, 6.07) is 12.1. The molecule has 0 aliphatic rings. The topological polar surface area (TPSA) is 60.7 Å². The molecule has 0 aliphatic heterocycles. The molecule has 1 atom stereocenters. The molecule has 27 heavy (non-hydrogen) atoms. The van der Waals surface area contributed by atoms with Crippen LogP contribution in [-0.4, -0.2) is 27.8 Å². The lowest BCUT2D eigenvalue weighted by molar-refractivity contribution is 0.272. The standard InChI is InChI=1S/C21H28N4O2/c1-4-6-13-27-18-11-10-17(14-19(18)26-5-2)15-22-16(3)21-24-23-20-9-7-8-12-25(20)21/h7-12,14,16,22H,4-6,13,15H2,1-3H3. The first-order valence-corrected chi connectivity index (χ1v) is 9.64. The highest BCUT2D eigenvalue weighted by Crippen LogP contribution is 2.29. The number of fused-ring (bicyclic) bond motifs is 1. The summed E-state index contributed by atoms with van der Waals surface area (Å²) in [6.07, 6.45) is 4.14. The Morgan fingerprint density at radius 1 is 1.07 bits per heavy atom. The number of nitrogens with zero attached hydrogens (tertiary/aromatic N) is 3. The van der Waals surface area contributed by atoms with Crippen molar-refractivity contribution in [3.63, 3.8) is 0 Å². The van der Waals surface area contributed by atoms with Gasteiger partial charge in [-0.05, 0) is 50.1 Å². The van der Waals surface area contributed by atoms with Gasteiger partial charge in [-0.1, -0.05) is 25.5 Å². The van der Waals surface area contributed by atoms with Crippen molar-refractivity contribution in [3.05, 3.63) is 54.0 Å². The number of rotatable bonds is 10. The van der Waals surface area contributed by atoms with Crippen molar-refractivity contribution in [3.8, 4) is 11.5 Å². The highest BCUT2D eigenvalue weighted by atomic mass is 16.5. The predicted molar refractivity (Wildman–Crippen MR) is 106 cm³/mol. The molecule has 0 spiro atoms. The maximum Gasteiger partial charge on any atom is 0.161 e. The van der Waals surface area contributed by atoms with Crippen LogP contribution >= 0.6 is 0 Å². The molecule has 6 nitrogen and oxygen atoms in total. The SMILES string of the molecule is CCCCOc1ccc(CNC(C)c2nnc3ccccn23)cc1OCC. The first-order chi connectivity index (χ1) is 13.2. The number of benzene rings is 1. The average molecular weight is 368 g/mol. The quantitative estimate of drug-likeness (QED) is 0.545. The molecule has 0 radical (unpaired) electrons. The number of pyridine rings is 1. The second kappa shape index (κ2) is 9.37. The van der Waals surface area contributed by atoms with Gasteiger partial charge in [-0.15, -0.1) is 10.2 Å². The van der Waals surface area contributed by atoms with Crippen LogP contribution in [0.2, 0.25) is 0 Å². The molecular weight excluding hydrogens is 340 g/mol. The number of hydrogen-bond acceptors (Lipinski definition) is 5. The number of unbranched alkanes of at least 4 members (excludes halogenated alkanes) is 1. The largest absolute Gasteiger partial charge is 0.490 e. The van der Waals surface area contributed by atoms with E-state index in [0.29, 0.717) is 19.8 Å². The Kier molecular flexibility index (Phi) is 6.65. The third-order valence-electron chi connectivity index (χ3n) is 4.40. The number of nitrogens with one attached hydrogen (secondary N) is 1. The van der Waals surface area contributed by atoms with Crippen LogP contribution in [0, 0.1) is 0 Å². The van der Waals surface area contributed by atoms with E-state index in [2.05, 4.69) is 35.4 Å². The van der Waals surface area contributed by atoms with Gasteiger partial charge in [0.05, 0.1) is 19.3 Å². The van der Waals surface area contributed by atoms with Crippen molar-refractivity contribution >= 4 is 5.65 Å². The molecule has 1 aromatic carbocycles. The lowest BCUT2D eigenvalue weighted by Gasteiger charge is -2.15. The van der Waals surface area contributed by atoms with Crippen molar-refractivity contribution in [1.29, 1.82) is 0 Å². The second-order valence-corrected chi connectivity index (χ2v) is 6.51. The zero-order valence-corrected chi connectivity index (χ0v) is 16.3. The maximum atomic E-state index is 5.85. The van der Waals surface area contributed by atoms with Crippen LogP contribution in [0.15, 0.2) is 42.6 Å². The van der Waals surface area contributed by atoms with Crippen molar-refractivity contribution in [1.82, 2.24) is 19.9 Å². The van der Waals surface area contributed by atoms with Gasteiger partial charge in [0.25, 0.3) is 0 Å². The van der Waals surface area contributed by atoms with Gasteiger partial charge < -0.3 is 14.8 Å². The van der Waals surface area contributed by atoms with Gasteiger partial charge in [0.15, 0.2) is 23.0 Å². The Labute approximate surface area is 160 Å². The second-order valence-electron chi connectivity index (χ2n) is 6.51. The number of hydrogen-bond donors (Lipinski definition) is 1. The van der Waals surface area contributed by atoms with Gasteiger partial charge >= 0.3 is 0 Å². The summed E-state index contributed by atoms with van der Waals surface area (Å²) in [6.45, 7) is 8.27. The third kappa shape index (κ3) is 4.77. The fourth-order valence-corrected chi connectivity index (χ4v) is 2.89. The van der Waals surface area contributed by atoms with Crippen molar-refractivity contribution < 1.29 is 9.47 Å². The molecule has 0 aliphatic carbocycles. The normalized spacial score (nSPS) is 12.3. The molecule has 2 aromatic heterocycles. The molecule has 1 unspecified atom stereocenters. The minimum atomic E-state index is 0.0680. The van der Waals surface area contributed by atoms with Crippen molar-refractivity contribution in [2.75, 3.05) is 13.2 Å². The Bertz CT molecular complexity index is 862. The lowest BCUT2D eigenvalue weighted by Crippen LogP contribution is -2.20. The number of aromatic nitrogens is 3. The molecule has 3 aromatic rings. The summed E-state index contributed by atoms with van der Waals surface area (Å²) in [7, 11) is 0. The van der Waals surface area contributed by atoms with Crippen LogP contribution in [0.3, 0.4) is 0 Å². The summed E-state index contributed by atoms with van der Waals surface area (Å²) < 4.78 is 13.6. The number of ether oxygens (including phenoxy) is 2. The summed E-state index contributed by atoms with van der Waals surface area (Å²) in [5.74, 6) is 2.51. The molecule has 0 saturated carbocycles. The highest BCUT2D eigenvalue weighted by Gasteiger charge is 2.13. The maximum absolute atomic E-state index is 5.85. The monoisotopic (exact) mass is 368 g/mol. The molecule has 0 fully saturated rings. The van der Waals surface area contributed by atoms with E-state index in [1.165, 1.54) is 0 Å². The van der Waals surface area contributed by atoms with Crippen LogP contribution in [0.4, 0.5) is 0 Å². The molecular formula is C21H28N4O2. The summed E-state index contributed by atoms with van der Waals surface area (Å²) in [5.41, 5.74) is 2.00. The first kappa shape index (κ1) is 19.2. The fourth-order valence-electron chi connectivity index (χ4n) is 2.89. The van der Waals surface area contributed by atoms with Gasteiger partial charge in [0.2, 0.25) is 0 Å². The van der Waals surface area contributed by atoms with E-state index >= 15 is 0 Å². The third-order valence-corrected chi connectivity index (χ3v) is 4.40. The summed E-state index contributed by atoms with van der Waals surface area (Å²) in [5, 5.41) is 12.0. The van der Waals surface area contributed by atoms with Crippen LogP contribution in [0.25, 0.3) is 5.65 Å². The van der Waals surface area contributed by atoms with Gasteiger partial charge in [0, 0.05) is 12.7 Å². The van der Waals surface area contributed by atoms with E-state index in [-0.39, 0.29) is 6.04 Å². The van der Waals surface area contributed by atoms with Gasteiger partial charge in [-0.25, -0.2) is 0 Å². The van der Waals surface area contributed by atoms with E-state index in [9.17, 15) is 0 Å². The summed E-state index contributed by atoms with van der Waals surface area (Å²) in [4.78, 5) is 0. The van der Waals surface area contributed by atoms with E-state index in [1.54, 1.807) is 0 Å². The lowest BCUT2D eigenvalue weighted by atomic mass is 10.2. The van der Waals surface area contributed by atoms with Crippen LogP contribution in [0.5, 0.6) is 11.5 Å². The molecule has 3 rings (SSSR count). The first-order valence-electron chi connectivity index (χ1n) is 9.64. The Morgan fingerprint density at radius 3 is 2.78 bits per heavy atom. The molecule has 0 bridgehead atoms. The molecule has 144 valence electrons. The van der Waals surface area contributed by atoms with E-state index in [0.717, 1.165) is 41.4 Å². The van der Waals surface area contributed by atoms with Crippen LogP contribution in [-0.2, 0) is 6.54 Å². The molecule has 0 amide bonds. The highest BCUT2D eigenvalue weighted by molar-refractivity contribution is 5.43.